The second-order valence-corrected chi connectivity index (χ2v) is 10.7. The van der Waals surface area contributed by atoms with E-state index in [1.54, 1.807) is 19.9 Å². The first-order valence-corrected chi connectivity index (χ1v) is 11.4. The van der Waals surface area contributed by atoms with Crippen molar-refractivity contribution in [3.05, 3.63) is 51.1 Å². The molecule has 1 aliphatic rings. The first-order valence-electron chi connectivity index (χ1n) is 8.38. The second kappa shape index (κ2) is 7.46. The van der Waals surface area contributed by atoms with Gasteiger partial charge in [-0.25, -0.2) is 12.8 Å². The van der Waals surface area contributed by atoms with E-state index in [1.165, 1.54) is 6.07 Å². The smallest absolute Gasteiger partial charge is 0.262 e. The number of thiophene rings is 1. The molecule has 1 aromatic carbocycles. The molecule has 2 aromatic rings. The molecule has 0 saturated carbocycles. The Kier molecular flexibility index (Phi) is 5.53. The van der Waals surface area contributed by atoms with Crippen LogP contribution < -0.4 is 10.6 Å². The molecule has 2 amide bonds. The standard InChI is InChI=1S/C18H18ClFN2O4S2/c1-10-7-14(21-16(23)12-4-3-11(20)8-13(12)19)27-15(10)17(24)22-18(2)5-6-28(25,26)9-18/h3-4,7-8H,5-6,9H2,1-2H3,(H,21,23)(H,22,24). The number of rotatable bonds is 4. The van der Waals surface area contributed by atoms with Crippen LogP contribution in [0.25, 0.3) is 0 Å². The van der Waals surface area contributed by atoms with Crippen molar-refractivity contribution in [3.63, 3.8) is 0 Å². The zero-order valence-corrected chi connectivity index (χ0v) is 17.5. The van der Waals surface area contributed by atoms with Gasteiger partial charge in [-0.1, -0.05) is 11.6 Å². The molecule has 1 fully saturated rings. The van der Waals surface area contributed by atoms with Crippen LogP contribution in [0.2, 0.25) is 5.02 Å². The summed E-state index contributed by atoms with van der Waals surface area (Å²) >= 11 is 6.97. The number of anilines is 1. The van der Waals surface area contributed by atoms with Crippen LogP contribution in [-0.4, -0.2) is 37.3 Å². The largest absolute Gasteiger partial charge is 0.345 e. The molecule has 1 atom stereocenters. The number of amides is 2. The van der Waals surface area contributed by atoms with Crippen LogP contribution >= 0.6 is 22.9 Å². The lowest BCUT2D eigenvalue weighted by atomic mass is 10.0. The molecule has 1 aromatic heterocycles. The van der Waals surface area contributed by atoms with Gasteiger partial charge in [-0.15, -0.1) is 11.3 Å². The minimum atomic E-state index is -3.15. The highest BCUT2D eigenvalue weighted by molar-refractivity contribution is 7.91. The Bertz CT molecular complexity index is 1070. The lowest BCUT2D eigenvalue weighted by Crippen LogP contribution is -2.46. The van der Waals surface area contributed by atoms with Gasteiger partial charge in [-0.05, 0) is 50.1 Å². The number of halogens is 2. The first-order chi connectivity index (χ1) is 13.0. The van der Waals surface area contributed by atoms with Crippen LogP contribution in [0, 0.1) is 12.7 Å². The van der Waals surface area contributed by atoms with Crippen LogP contribution in [0.3, 0.4) is 0 Å². The lowest BCUT2D eigenvalue weighted by Gasteiger charge is -2.23. The molecular formula is C18H18ClFN2O4S2. The molecular weight excluding hydrogens is 427 g/mol. The van der Waals surface area contributed by atoms with Crippen molar-refractivity contribution in [2.24, 2.45) is 0 Å². The Morgan fingerprint density at radius 2 is 1.96 bits per heavy atom. The summed E-state index contributed by atoms with van der Waals surface area (Å²) in [5.74, 6) is -1.50. The van der Waals surface area contributed by atoms with Crippen molar-refractivity contribution in [1.82, 2.24) is 5.32 Å². The van der Waals surface area contributed by atoms with Gasteiger partial charge in [0.05, 0.1) is 37.5 Å². The Balaban J connectivity index is 1.74. The predicted octanol–water partition coefficient (Wildman–Crippen LogP) is 3.41. The fraction of sp³-hybridized carbons (Fsp3) is 0.333. The highest BCUT2D eigenvalue weighted by Gasteiger charge is 2.40. The number of carbonyl (C=O) groups excluding carboxylic acids is 2. The number of nitrogens with one attached hydrogen (secondary N) is 2. The topological polar surface area (TPSA) is 92.3 Å². The van der Waals surface area contributed by atoms with Gasteiger partial charge in [0.1, 0.15) is 5.82 Å². The molecule has 1 unspecified atom stereocenters. The highest BCUT2D eigenvalue weighted by atomic mass is 35.5. The summed E-state index contributed by atoms with van der Waals surface area (Å²) < 4.78 is 36.6. The fourth-order valence-corrected chi connectivity index (χ4v) is 6.37. The minimum Gasteiger partial charge on any atom is -0.345 e. The van der Waals surface area contributed by atoms with Crippen molar-refractivity contribution in [3.8, 4) is 0 Å². The van der Waals surface area contributed by atoms with Crippen molar-refractivity contribution < 1.29 is 22.4 Å². The van der Waals surface area contributed by atoms with Crippen LogP contribution in [0.15, 0.2) is 24.3 Å². The number of sulfone groups is 1. The molecule has 2 heterocycles. The van der Waals surface area contributed by atoms with Gasteiger partial charge < -0.3 is 10.6 Å². The predicted molar refractivity (Wildman–Crippen MR) is 108 cm³/mol. The number of aryl methyl sites for hydroxylation is 1. The summed E-state index contributed by atoms with van der Waals surface area (Å²) in [6.07, 6.45) is 0.359. The highest BCUT2D eigenvalue weighted by Crippen LogP contribution is 2.30. The van der Waals surface area contributed by atoms with E-state index in [4.69, 9.17) is 11.6 Å². The first kappa shape index (κ1) is 20.8. The van der Waals surface area contributed by atoms with Gasteiger partial charge in [0.2, 0.25) is 0 Å². The number of benzene rings is 1. The molecule has 2 N–H and O–H groups in total. The van der Waals surface area contributed by atoms with E-state index < -0.39 is 27.1 Å². The SMILES string of the molecule is Cc1cc(NC(=O)c2ccc(F)cc2Cl)sc1C(=O)NC1(C)CCS(=O)(=O)C1. The summed E-state index contributed by atoms with van der Waals surface area (Å²) in [6, 6.07) is 5.10. The monoisotopic (exact) mass is 444 g/mol. The second-order valence-electron chi connectivity index (χ2n) is 7.06. The lowest BCUT2D eigenvalue weighted by molar-refractivity contribution is 0.0918. The van der Waals surface area contributed by atoms with E-state index in [0.717, 1.165) is 23.5 Å². The summed E-state index contributed by atoms with van der Waals surface area (Å²) in [7, 11) is -3.15. The fourth-order valence-electron chi connectivity index (χ4n) is 3.06. The molecule has 28 heavy (non-hydrogen) atoms. The van der Waals surface area contributed by atoms with E-state index >= 15 is 0 Å². The zero-order valence-electron chi connectivity index (χ0n) is 15.1. The molecule has 0 bridgehead atoms. The summed E-state index contributed by atoms with van der Waals surface area (Å²) in [4.78, 5) is 25.4. The Labute approximate surface area is 171 Å². The molecule has 0 radical (unpaired) electrons. The zero-order chi connectivity index (χ0) is 20.7. The maximum atomic E-state index is 13.1. The van der Waals surface area contributed by atoms with E-state index in [2.05, 4.69) is 10.6 Å². The third-order valence-corrected chi connectivity index (χ3v) is 7.82. The van der Waals surface area contributed by atoms with E-state index in [1.807, 2.05) is 0 Å². The minimum absolute atomic E-state index is 0.0147. The molecule has 6 nitrogen and oxygen atoms in total. The maximum Gasteiger partial charge on any atom is 0.262 e. The number of hydrogen-bond acceptors (Lipinski definition) is 5. The average molecular weight is 445 g/mol. The molecule has 0 aliphatic carbocycles. The van der Waals surface area contributed by atoms with Gasteiger partial charge in [0.25, 0.3) is 11.8 Å². The van der Waals surface area contributed by atoms with Crippen molar-refractivity contribution in [2.75, 3.05) is 16.8 Å². The van der Waals surface area contributed by atoms with Gasteiger partial charge in [0, 0.05) is 0 Å². The molecule has 1 saturated heterocycles. The van der Waals surface area contributed by atoms with Crippen LogP contribution in [0.4, 0.5) is 9.39 Å². The van der Waals surface area contributed by atoms with Gasteiger partial charge in [0.15, 0.2) is 9.84 Å². The van der Waals surface area contributed by atoms with Crippen molar-refractivity contribution in [1.29, 1.82) is 0 Å². The van der Waals surface area contributed by atoms with Gasteiger partial charge >= 0.3 is 0 Å². The van der Waals surface area contributed by atoms with Crippen LogP contribution in [0.5, 0.6) is 0 Å². The quantitative estimate of drug-likeness (QED) is 0.755. The maximum absolute atomic E-state index is 13.1. The van der Waals surface area contributed by atoms with Gasteiger partial charge in [-0.2, -0.15) is 0 Å². The average Bonchev–Trinajstić information content (AvgIpc) is 3.05. The Morgan fingerprint density at radius 3 is 2.57 bits per heavy atom. The Hall–Kier alpha value is -1.97. The van der Waals surface area contributed by atoms with Crippen molar-refractivity contribution in [2.45, 2.75) is 25.8 Å². The third kappa shape index (κ3) is 4.53. The van der Waals surface area contributed by atoms with Crippen molar-refractivity contribution >= 4 is 49.6 Å². The number of carbonyl (C=O) groups is 2. The van der Waals surface area contributed by atoms with Gasteiger partial charge in [-0.3, -0.25) is 9.59 Å². The Morgan fingerprint density at radius 1 is 1.25 bits per heavy atom. The summed E-state index contributed by atoms with van der Waals surface area (Å²) in [5, 5.41) is 5.86. The summed E-state index contributed by atoms with van der Waals surface area (Å²) in [5.41, 5.74) is -0.0477. The van der Waals surface area contributed by atoms with Crippen LogP contribution in [-0.2, 0) is 9.84 Å². The van der Waals surface area contributed by atoms with E-state index in [0.29, 0.717) is 21.9 Å². The summed E-state index contributed by atoms with van der Waals surface area (Å²) in [6.45, 7) is 3.43. The molecule has 3 rings (SSSR count). The van der Waals surface area contributed by atoms with Crippen LogP contribution in [0.1, 0.15) is 38.9 Å². The molecule has 10 heteroatoms. The van der Waals surface area contributed by atoms with E-state index in [9.17, 15) is 22.4 Å². The normalized spacial score (nSPS) is 20.7. The van der Waals surface area contributed by atoms with E-state index in [-0.39, 0.29) is 28.0 Å². The molecule has 1 aliphatic heterocycles. The molecule has 0 spiro atoms. The number of hydrogen-bond donors (Lipinski definition) is 2. The molecule has 150 valence electrons. The third-order valence-electron chi connectivity index (χ3n) is 4.46.